The van der Waals surface area contributed by atoms with Gasteiger partial charge in [0.25, 0.3) is 5.91 Å². The fourth-order valence-electron chi connectivity index (χ4n) is 2.59. The van der Waals surface area contributed by atoms with E-state index in [9.17, 15) is 9.59 Å². The van der Waals surface area contributed by atoms with Gasteiger partial charge in [-0.3, -0.25) is 4.79 Å². The maximum atomic E-state index is 12.6. The Labute approximate surface area is 167 Å². The van der Waals surface area contributed by atoms with Crippen LogP contribution in [0.25, 0.3) is 0 Å². The number of carbonyl (C=O) groups excluding carboxylic acids is 2. The van der Waals surface area contributed by atoms with E-state index in [0.29, 0.717) is 27.7 Å². The number of carbonyl (C=O) groups is 2. The molecule has 0 bridgehead atoms. The molecule has 0 saturated carbocycles. The highest BCUT2D eigenvalue weighted by Crippen LogP contribution is 2.23. The van der Waals surface area contributed by atoms with Crippen molar-refractivity contribution in [1.82, 2.24) is 4.98 Å². The van der Waals surface area contributed by atoms with Gasteiger partial charge in [0.15, 0.2) is 0 Å². The molecule has 1 heterocycles. The fraction of sp³-hybridized carbons (Fsp3) is 0.0952. The zero-order valence-corrected chi connectivity index (χ0v) is 16.1. The second kappa shape index (κ2) is 8.54. The van der Waals surface area contributed by atoms with Crippen molar-refractivity contribution in [3.05, 3.63) is 82.5 Å². The van der Waals surface area contributed by atoms with Gasteiger partial charge in [-0.25, -0.2) is 9.78 Å². The lowest BCUT2D eigenvalue weighted by atomic mass is 10.2. The first-order valence-corrected chi connectivity index (χ1v) is 8.83. The highest BCUT2D eigenvalue weighted by Gasteiger charge is 2.11. The van der Waals surface area contributed by atoms with Crippen LogP contribution in [0, 0.1) is 6.92 Å². The SMILES string of the molecule is COC(=O)c1cccc(NC(=O)c2ccnc(Nc3ccc(Cl)cc3C)c2)c1. The summed E-state index contributed by atoms with van der Waals surface area (Å²) in [6.07, 6.45) is 1.55. The van der Waals surface area contributed by atoms with Crippen molar-refractivity contribution in [3.8, 4) is 0 Å². The standard InChI is InChI=1S/C21H18ClN3O3/c1-13-10-16(22)6-7-18(13)25-19-12-14(8-9-23-19)20(26)24-17-5-3-4-15(11-17)21(27)28-2/h3-12H,1-2H3,(H,23,25)(H,24,26). The molecule has 3 rings (SSSR count). The van der Waals surface area contributed by atoms with Gasteiger partial charge in [-0.1, -0.05) is 17.7 Å². The minimum absolute atomic E-state index is 0.319. The number of aryl methyl sites for hydroxylation is 1. The summed E-state index contributed by atoms with van der Waals surface area (Å²) in [6.45, 7) is 1.93. The van der Waals surface area contributed by atoms with E-state index < -0.39 is 5.97 Å². The fourth-order valence-corrected chi connectivity index (χ4v) is 2.82. The van der Waals surface area contributed by atoms with E-state index in [0.717, 1.165) is 11.3 Å². The van der Waals surface area contributed by atoms with Gasteiger partial charge >= 0.3 is 5.97 Å². The monoisotopic (exact) mass is 395 g/mol. The highest BCUT2D eigenvalue weighted by atomic mass is 35.5. The normalized spacial score (nSPS) is 10.2. The van der Waals surface area contributed by atoms with Crippen LogP contribution >= 0.6 is 11.6 Å². The van der Waals surface area contributed by atoms with Crippen LogP contribution in [0.15, 0.2) is 60.8 Å². The van der Waals surface area contributed by atoms with E-state index >= 15 is 0 Å². The number of anilines is 3. The second-order valence-electron chi connectivity index (χ2n) is 6.04. The van der Waals surface area contributed by atoms with Crippen molar-refractivity contribution < 1.29 is 14.3 Å². The third kappa shape index (κ3) is 4.66. The molecular weight excluding hydrogens is 378 g/mol. The molecule has 3 aromatic rings. The molecule has 2 aromatic carbocycles. The van der Waals surface area contributed by atoms with Crippen LogP contribution in [0.4, 0.5) is 17.2 Å². The Morgan fingerprint density at radius 2 is 1.86 bits per heavy atom. The lowest BCUT2D eigenvalue weighted by Crippen LogP contribution is -2.13. The number of esters is 1. The topological polar surface area (TPSA) is 80.3 Å². The van der Waals surface area contributed by atoms with Crippen molar-refractivity contribution in [2.24, 2.45) is 0 Å². The number of pyridine rings is 1. The van der Waals surface area contributed by atoms with Gasteiger partial charge in [0.05, 0.1) is 12.7 Å². The van der Waals surface area contributed by atoms with E-state index in [1.807, 2.05) is 19.1 Å². The molecule has 0 fully saturated rings. The van der Waals surface area contributed by atoms with E-state index in [4.69, 9.17) is 16.3 Å². The van der Waals surface area contributed by atoms with Crippen molar-refractivity contribution >= 4 is 40.7 Å². The van der Waals surface area contributed by atoms with Gasteiger partial charge in [-0.15, -0.1) is 0 Å². The van der Waals surface area contributed by atoms with Crippen LogP contribution in [-0.4, -0.2) is 24.0 Å². The third-order valence-corrected chi connectivity index (χ3v) is 4.25. The number of nitrogens with one attached hydrogen (secondary N) is 2. The average molecular weight is 396 g/mol. The van der Waals surface area contributed by atoms with Gasteiger partial charge in [0.1, 0.15) is 5.82 Å². The molecule has 0 spiro atoms. The summed E-state index contributed by atoms with van der Waals surface area (Å²) >= 11 is 5.98. The number of nitrogens with zero attached hydrogens (tertiary/aromatic N) is 1. The molecule has 0 saturated heterocycles. The smallest absolute Gasteiger partial charge is 0.337 e. The third-order valence-electron chi connectivity index (χ3n) is 4.01. The molecule has 28 heavy (non-hydrogen) atoms. The van der Waals surface area contributed by atoms with Gasteiger partial charge in [-0.2, -0.15) is 0 Å². The van der Waals surface area contributed by atoms with Gasteiger partial charge in [0, 0.05) is 28.2 Å². The van der Waals surface area contributed by atoms with Crippen LogP contribution in [0.1, 0.15) is 26.3 Å². The largest absolute Gasteiger partial charge is 0.465 e. The molecule has 0 unspecified atom stereocenters. The Bertz CT molecular complexity index is 1040. The number of amides is 1. The minimum Gasteiger partial charge on any atom is -0.465 e. The summed E-state index contributed by atoms with van der Waals surface area (Å²) in [7, 11) is 1.31. The maximum Gasteiger partial charge on any atom is 0.337 e. The van der Waals surface area contributed by atoms with Gasteiger partial charge in [0.2, 0.25) is 0 Å². The van der Waals surface area contributed by atoms with Crippen LogP contribution < -0.4 is 10.6 Å². The molecule has 7 heteroatoms. The van der Waals surface area contributed by atoms with E-state index in [1.165, 1.54) is 7.11 Å². The predicted molar refractivity (Wildman–Crippen MR) is 109 cm³/mol. The lowest BCUT2D eigenvalue weighted by Gasteiger charge is -2.11. The Hall–Kier alpha value is -3.38. The van der Waals surface area contributed by atoms with Crippen LogP contribution in [0.3, 0.4) is 0 Å². The molecule has 0 aliphatic heterocycles. The number of ether oxygens (including phenoxy) is 1. The average Bonchev–Trinajstić information content (AvgIpc) is 2.70. The molecule has 1 amide bonds. The number of rotatable bonds is 5. The van der Waals surface area contributed by atoms with Gasteiger partial charge < -0.3 is 15.4 Å². The number of hydrogen-bond acceptors (Lipinski definition) is 5. The molecule has 0 aliphatic rings. The molecule has 0 aliphatic carbocycles. The quantitative estimate of drug-likeness (QED) is 0.605. The van der Waals surface area contributed by atoms with Crippen molar-refractivity contribution in [3.63, 3.8) is 0 Å². The summed E-state index contributed by atoms with van der Waals surface area (Å²) in [5, 5.41) is 6.60. The number of hydrogen-bond donors (Lipinski definition) is 2. The zero-order valence-electron chi connectivity index (χ0n) is 15.3. The zero-order chi connectivity index (χ0) is 20.1. The number of aromatic nitrogens is 1. The van der Waals surface area contributed by atoms with Crippen molar-refractivity contribution in [2.75, 3.05) is 17.7 Å². The maximum absolute atomic E-state index is 12.6. The number of halogens is 1. The summed E-state index contributed by atoms with van der Waals surface area (Å²) in [4.78, 5) is 28.5. The Balaban J connectivity index is 1.76. The first-order chi connectivity index (χ1) is 13.5. The number of methoxy groups -OCH3 is 1. The molecule has 0 radical (unpaired) electrons. The molecule has 142 valence electrons. The first kappa shape index (κ1) is 19.4. The Morgan fingerprint density at radius 1 is 1.04 bits per heavy atom. The Morgan fingerprint density at radius 3 is 2.61 bits per heavy atom. The van der Waals surface area contributed by atoms with E-state index in [-0.39, 0.29) is 5.91 Å². The number of benzene rings is 2. The summed E-state index contributed by atoms with van der Waals surface area (Å²) in [6, 6.07) is 15.3. The molecule has 0 atom stereocenters. The van der Waals surface area contributed by atoms with E-state index in [2.05, 4.69) is 15.6 Å². The van der Waals surface area contributed by atoms with Crippen LogP contribution in [-0.2, 0) is 4.74 Å². The van der Waals surface area contributed by atoms with Crippen LogP contribution in [0.5, 0.6) is 0 Å². The Kier molecular flexibility index (Phi) is 5.91. The minimum atomic E-state index is -0.468. The van der Waals surface area contributed by atoms with E-state index in [1.54, 1.807) is 48.7 Å². The summed E-state index contributed by atoms with van der Waals surface area (Å²) in [5.41, 5.74) is 3.08. The highest BCUT2D eigenvalue weighted by molar-refractivity contribution is 6.30. The summed E-state index contributed by atoms with van der Waals surface area (Å²) < 4.78 is 4.69. The van der Waals surface area contributed by atoms with Crippen LogP contribution in [0.2, 0.25) is 5.02 Å². The molecule has 1 aromatic heterocycles. The lowest BCUT2D eigenvalue weighted by molar-refractivity contribution is 0.0600. The molecular formula is C21H18ClN3O3. The molecule has 2 N–H and O–H groups in total. The van der Waals surface area contributed by atoms with Crippen molar-refractivity contribution in [2.45, 2.75) is 6.92 Å². The second-order valence-corrected chi connectivity index (χ2v) is 6.48. The first-order valence-electron chi connectivity index (χ1n) is 8.45. The molecule has 6 nitrogen and oxygen atoms in total. The van der Waals surface area contributed by atoms with Crippen molar-refractivity contribution in [1.29, 1.82) is 0 Å². The van der Waals surface area contributed by atoms with Gasteiger partial charge in [-0.05, 0) is 61.0 Å². The summed E-state index contributed by atoms with van der Waals surface area (Å²) in [5.74, 6) is -0.258. The predicted octanol–water partition coefficient (Wildman–Crippen LogP) is 4.83.